The van der Waals surface area contributed by atoms with Gasteiger partial charge in [-0.1, -0.05) is 61.2 Å². The summed E-state index contributed by atoms with van der Waals surface area (Å²) in [5.41, 5.74) is -0.331. The first kappa shape index (κ1) is 19.5. The predicted octanol–water partition coefficient (Wildman–Crippen LogP) is 2.17. The second-order valence-corrected chi connectivity index (χ2v) is 6.62. The van der Waals surface area contributed by atoms with Gasteiger partial charge in [-0.2, -0.15) is 0 Å². The Morgan fingerprint density at radius 2 is 1.75 bits per heavy atom. The van der Waals surface area contributed by atoms with Crippen LogP contribution in [0.5, 0.6) is 0 Å². The topological polar surface area (TPSA) is 75.7 Å². The molecular weight excluding hydrogens is 356 g/mol. The number of ether oxygens (including phenoxy) is 1. The molecule has 0 spiro atoms. The van der Waals surface area contributed by atoms with Crippen molar-refractivity contribution in [1.82, 2.24) is 10.2 Å². The number of imide groups is 1. The Bertz CT molecular complexity index is 867. The van der Waals surface area contributed by atoms with Crippen LogP contribution in [-0.2, 0) is 20.7 Å². The van der Waals surface area contributed by atoms with Crippen LogP contribution in [0, 0.1) is 5.41 Å². The van der Waals surface area contributed by atoms with Gasteiger partial charge >= 0.3 is 5.97 Å². The maximum atomic E-state index is 13.4. The third kappa shape index (κ3) is 3.87. The first-order chi connectivity index (χ1) is 13.6. The first-order valence-corrected chi connectivity index (χ1v) is 9.02. The number of esters is 1. The number of rotatable bonds is 6. The summed E-state index contributed by atoms with van der Waals surface area (Å²) < 4.78 is 5.25. The lowest BCUT2D eigenvalue weighted by atomic mass is 9.78. The third-order valence-corrected chi connectivity index (χ3v) is 4.69. The number of benzene rings is 2. The summed E-state index contributed by atoms with van der Waals surface area (Å²) in [6.07, 6.45) is 1.58. The van der Waals surface area contributed by atoms with Crippen molar-refractivity contribution in [1.29, 1.82) is 0 Å². The third-order valence-electron chi connectivity index (χ3n) is 4.69. The van der Waals surface area contributed by atoms with E-state index >= 15 is 0 Å². The van der Waals surface area contributed by atoms with E-state index in [2.05, 4.69) is 11.9 Å². The summed E-state index contributed by atoms with van der Waals surface area (Å²) in [7, 11) is 0. The van der Waals surface area contributed by atoms with Crippen LogP contribution in [0.15, 0.2) is 73.3 Å². The highest BCUT2D eigenvalue weighted by molar-refractivity contribution is 6.13. The van der Waals surface area contributed by atoms with Gasteiger partial charge in [-0.25, -0.2) is 0 Å². The SMILES string of the molecule is C=CCOC(=O)C1(Cc2ccccc2)CNCN(C(=O)c2ccccc2)C1=O. The van der Waals surface area contributed by atoms with Crippen molar-refractivity contribution < 1.29 is 19.1 Å². The Morgan fingerprint density at radius 1 is 1.11 bits per heavy atom. The van der Waals surface area contributed by atoms with Gasteiger partial charge in [-0.3, -0.25) is 24.6 Å². The highest BCUT2D eigenvalue weighted by Crippen LogP contribution is 2.30. The Morgan fingerprint density at radius 3 is 2.39 bits per heavy atom. The zero-order chi connectivity index (χ0) is 20.0. The van der Waals surface area contributed by atoms with Crippen LogP contribution in [0.4, 0.5) is 0 Å². The molecule has 0 aliphatic carbocycles. The number of nitrogens with one attached hydrogen (secondary N) is 1. The Balaban J connectivity index is 1.95. The Kier molecular flexibility index (Phi) is 6.01. The number of hydrogen-bond acceptors (Lipinski definition) is 5. The summed E-state index contributed by atoms with van der Waals surface area (Å²) in [4.78, 5) is 40.3. The van der Waals surface area contributed by atoms with E-state index in [1.54, 1.807) is 30.3 Å². The number of carbonyl (C=O) groups excluding carboxylic acids is 3. The second-order valence-electron chi connectivity index (χ2n) is 6.62. The summed E-state index contributed by atoms with van der Waals surface area (Å²) in [6, 6.07) is 17.7. The molecule has 28 heavy (non-hydrogen) atoms. The van der Waals surface area contributed by atoms with Crippen LogP contribution in [0.3, 0.4) is 0 Å². The molecule has 0 radical (unpaired) electrons. The van der Waals surface area contributed by atoms with Gasteiger partial charge < -0.3 is 4.74 Å². The van der Waals surface area contributed by atoms with E-state index in [9.17, 15) is 14.4 Å². The molecule has 1 aliphatic heterocycles. The minimum Gasteiger partial charge on any atom is -0.461 e. The summed E-state index contributed by atoms with van der Waals surface area (Å²) in [5.74, 6) is -1.68. The average Bonchev–Trinajstić information content (AvgIpc) is 2.74. The predicted molar refractivity (Wildman–Crippen MR) is 104 cm³/mol. The number of amides is 2. The van der Waals surface area contributed by atoms with Gasteiger partial charge in [-0.15, -0.1) is 0 Å². The maximum Gasteiger partial charge on any atom is 0.323 e. The van der Waals surface area contributed by atoms with Gasteiger partial charge in [0.15, 0.2) is 5.41 Å². The fraction of sp³-hybridized carbons (Fsp3) is 0.227. The molecule has 1 atom stereocenters. The van der Waals surface area contributed by atoms with E-state index in [-0.39, 0.29) is 26.2 Å². The molecule has 6 heteroatoms. The standard InChI is InChI=1S/C22H22N2O4/c1-2-13-28-21(27)22(14-17-9-5-3-6-10-17)15-23-16-24(20(22)26)19(25)18-11-7-4-8-12-18/h2-12,23H,1,13-16H2. The van der Waals surface area contributed by atoms with Crippen molar-refractivity contribution in [3.8, 4) is 0 Å². The molecule has 144 valence electrons. The number of carbonyl (C=O) groups is 3. The van der Waals surface area contributed by atoms with Crippen molar-refractivity contribution in [3.63, 3.8) is 0 Å². The molecule has 0 saturated carbocycles. The molecular formula is C22H22N2O4. The molecule has 1 fully saturated rings. The molecule has 2 aromatic rings. The van der Waals surface area contributed by atoms with Gasteiger partial charge in [0.05, 0.1) is 6.67 Å². The number of hydrogen-bond donors (Lipinski definition) is 1. The van der Waals surface area contributed by atoms with Crippen LogP contribution in [0.1, 0.15) is 15.9 Å². The zero-order valence-corrected chi connectivity index (χ0v) is 15.5. The fourth-order valence-corrected chi connectivity index (χ4v) is 3.27. The molecule has 6 nitrogen and oxygen atoms in total. The van der Waals surface area contributed by atoms with Crippen LogP contribution in [-0.4, -0.2) is 42.5 Å². The quantitative estimate of drug-likeness (QED) is 0.361. The second kappa shape index (κ2) is 8.63. The van der Waals surface area contributed by atoms with E-state index in [4.69, 9.17) is 4.74 Å². The van der Waals surface area contributed by atoms with E-state index in [0.717, 1.165) is 10.5 Å². The van der Waals surface area contributed by atoms with Crippen LogP contribution in [0.25, 0.3) is 0 Å². The van der Waals surface area contributed by atoms with Crippen molar-refractivity contribution in [2.24, 2.45) is 5.41 Å². The van der Waals surface area contributed by atoms with Crippen molar-refractivity contribution in [3.05, 3.63) is 84.4 Å². The minimum atomic E-state index is -1.52. The molecule has 0 aromatic heterocycles. The minimum absolute atomic E-state index is 0.00468. The molecule has 1 unspecified atom stereocenters. The van der Waals surface area contributed by atoms with Crippen LogP contribution < -0.4 is 5.32 Å². The lowest BCUT2D eigenvalue weighted by Gasteiger charge is -2.39. The maximum absolute atomic E-state index is 13.4. The van der Waals surface area contributed by atoms with Gasteiger partial charge in [-0.05, 0) is 24.1 Å². The monoisotopic (exact) mass is 378 g/mol. The van der Waals surface area contributed by atoms with Gasteiger partial charge in [0.2, 0.25) is 5.91 Å². The van der Waals surface area contributed by atoms with E-state index in [0.29, 0.717) is 5.56 Å². The average molecular weight is 378 g/mol. The highest BCUT2D eigenvalue weighted by Gasteiger charge is 2.53. The molecule has 1 saturated heterocycles. The van der Waals surface area contributed by atoms with E-state index in [1.807, 2.05) is 30.3 Å². The van der Waals surface area contributed by atoms with E-state index in [1.165, 1.54) is 6.08 Å². The van der Waals surface area contributed by atoms with Gasteiger partial charge in [0.25, 0.3) is 5.91 Å². The number of nitrogens with zero attached hydrogens (tertiary/aromatic N) is 1. The molecule has 2 amide bonds. The smallest absolute Gasteiger partial charge is 0.323 e. The molecule has 1 aliphatic rings. The largest absolute Gasteiger partial charge is 0.461 e. The highest BCUT2D eigenvalue weighted by atomic mass is 16.5. The lowest BCUT2D eigenvalue weighted by Crippen LogP contribution is -2.63. The Hall–Kier alpha value is -3.25. The van der Waals surface area contributed by atoms with Crippen molar-refractivity contribution >= 4 is 17.8 Å². The van der Waals surface area contributed by atoms with Crippen molar-refractivity contribution in [2.75, 3.05) is 19.8 Å². The zero-order valence-electron chi connectivity index (χ0n) is 15.5. The summed E-state index contributed by atoms with van der Waals surface area (Å²) in [5, 5.41) is 3.04. The molecule has 0 bridgehead atoms. The molecule has 1 N–H and O–H groups in total. The van der Waals surface area contributed by atoms with E-state index < -0.39 is 23.2 Å². The molecule has 2 aromatic carbocycles. The van der Waals surface area contributed by atoms with Gasteiger partial charge in [0.1, 0.15) is 6.61 Å². The summed E-state index contributed by atoms with van der Waals surface area (Å²) >= 11 is 0. The van der Waals surface area contributed by atoms with Crippen LogP contribution in [0.2, 0.25) is 0 Å². The lowest BCUT2D eigenvalue weighted by molar-refractivity contribution is -0.165. The molecule has 3 rings (SSSR count). The van der Waals surface area contributed by atoms with Gasteiger partial charge in [0, 0.05) is 12.1 Å². The normalized spacial score (nSPS) is 19.1. The van der Waals surface area contributed by atoms with Crippen LogP contribution >= 0.6 is 0 Å². The van der Waals surface area contributed by atoms with Crippen molar-refractivity contribution in [2.45, 2.75) is 6.42 Å². The first-order valence-electron chi connectivity index (χ1n) is 9.02. The summed E-state index contributed by atoms with van der Waals surface area (Å²) in [6.45, 7) is 3.67. The fourth-order valence-electron chi connectivity index (χ4n) is 3.27. The Labute approximate surface area is 163 Å². The molecule has 1 heterocycles.